The summed E-state index contributed by atoms with van der Waals surface area (Å²) in [6.45, 7) is 5.53. The molecule has 1 aromatic rings. The van der Waals surface area contributed by atoms with Crippen LogP contribution in [0, 0.1) is 0 Å². The molecule has 0 aromatic carbocycles. The SMILES string of the molecule is CCCC(C)NC(=O)C(C)Oc1cccnc1C(=O)O. The number of aromatic carboxylic acids is 1. The van der Waals surface area contributed by atoms with E-state index in [1.807, 2.05) is 13.8 Å². The normalized spacial score (nSPS) is 13.3. The first kappa shape index (κ1) is 15.9. The van der Waals surface area contributed by atoms with E-state index in [1.54, 1.807) is 13.0 Å². The van der Waals surface area contributed by atoms with E-state index in [9.17, 15) is 9.59 Å². The largest absolute Gasteiger partial charge is 0.478 e. The molecule has 0 saturated carbocycles. The third-order valence-electron chi connectivity index (χ3n) is 2.76. The smallest absolute Gasteiger partial charge is 0.358 e. The third kappa shape index (κ3) is 4.53. The van der Waals surface area contributed by atoms with Crippen LogP contribution in [0.15, 0.2) is 18.3 Å². The summed E-state index contributed by atoms with van der Waals surface area (Å²) in [4.78, 5) is 26.6. The maximum Gasteiger partial charge on any atom is 0.358 e. The molecule has 0 spiro atoms. The first-order valence-electron chi connectivity index (χ1n) is 6.61. The fourth-order valence-corrected chi connectivity index (χ4v) is 1.76. The fourth-order valence-electron chi connectivity index (χ4n) is 1.76. The number of carbonyl (C=O) groups is 2. The lowest BCUT2D eigenvalue weighted by molar-refractivity contribution is -0.127. The highest BCUT2D eigenvalue weighted by Crippen LogP contribution is 2.17. The van der Waals surface area contributed by atoms with E-state index < -0.39 is 12.1 Å². The van der Waals surface area contributed by atoms with Crippen LogP contribution in [0.5, 0.6) is 5.75 Å². The standard InChI is InChI=1S/C14H20N2O4/c1-4-6-9(2)16-13(17)10(3)20-11-7-5-8-15-12(11)14(18)19/h5,7-10H,4,6H2,1-3H3,(H,16,17)(H,18,19). The molecule has 2 N–H and O–H groups in total. The Labute approximate surface area is 118 Å². The number of carboxylic acid groups (broad SMARTS) is 1. The van der Waals surface area contributed by atoms with E-state index in [0.29, 0.717) is 0 Å². The van der Waals surface area contributed by atoms with Gasteiger partial charge in [0.25, 0.3) is 5.91 Å². The molecule has 0 radical (unpaired) electrons. The molecule has 0 aliphatic carbocycles. The maximum atomic E-state index is 11.9. The lowest BCUT2D eigenvalue weighted by Gasteiger charge is -2.18. The van der Waals surface area contributed by atoms with Gasteiger partial charge in [-0.05, 0) is 32.4 Å². The van der Waals surface area contributed by atoms with Gasteiger partial charge in [0.15, 0.2) is 17.5 Å². The van der Waals surface area contributed by atoms with E-state index in [4.69, 9.17) is 9.84 Å². The lowest BCUT2D eigenvalue weighted by Crippen LogP contribution is -2.41. The van der Waals surface area contributed by atoms with Crippen molar-refractivity contribution in [1.82, 2.24) is 10.3 Å². The molecular formula is C14H20N2O4. The summed E-state index contributed by atoms with van der Waals surface area (Å²) >= 11 is 0. The summed E-state index contributed by atoms with van der Waals surface area (Å²) in [6, 6.07) is 3.10. The van der Waals surface area contributed by atoms with E-state index in [2.05, 4.69) is 10.3 Å². The molecule has 0 saturated heterocycles. The van der Waals surface area contributed by atoms with Crippen LogP contribution in [-0.4, -0.2) is 34.1 Å². The number of carboxylic acids is 1. The second-order valence-corrected chi connectivity index (χ2v) is 4.61. The molecule has 0 bridgehead atoms. The summed E-state index contributed by atoms with van der Waals surface area (Å²) < 4.78 is 5.39. The monoisotopic (exact) mass is 280 g/mol. The van der Waals surface area contributed by atoms with Gasteiger partial charge in [-0.2, -0.15) is 0 Å². The number of ether oxygens (including phenoxy) is 1. The Morgan fingerprint density at radius 1 is 1.45 bits per heavy atom. The van der Waals surface area contributed by atoms with E-state index >= 15 is 0 Å². The lowest BCUT2D eigenvalue weighted by atomic mass is 10.2. The summed E-state index contributed by atoms with van der Waals surface area (Å²) in [5.41, 5.74) is -0.200. The van der Waals surface area contributed by atoms with Crippen molar-refractivity contribution in [2.45, 2.75) is 45.8 Å². The Morgan fingerprint density at radius 3 is 2.75 bits per heavy atom. The minimum absolute atomic E-state index is 0.0615. The predicted octanol–water partition coefficient (Wildman–Crippen LogP) is 1.85. The molecule has 1 amide bonds. The number of amides is 1. The zero-order valence-electron chi connectivity index (χ0n) is 11.9. The first-order chi connectivity index (χ1) is 9.45. The average Bonchev–Trinajstić information content (AvgIpc) is 2.39. The number of nitrogens with one attached hydrogen (secondary N) is 1. The Kier molecular flexibility index (Phi) is 5.96. The van der Waals surface area contributed by atoms with Crippen LogP contribution in [0.1, 0.15) is 44.1 Å². The van der Waals surface area contributed by atoms with Crippen molar-refractivity contribution < 1.29 is 19.4 Å². The number of pyridine rings is 1. The second kappa shape index (κ2) is 7.47. The topological polar surface area (TPSA) is 88.5 Å². The van der Waals surface area contributed by atoms with Gasteiger partial charge < -0.3 is 15.2 Å². The predicted molar refractivity (Wildman–Crippen MR) is 73.8 cm³/mol. The zero-order chi connectivity index (χ0) is 15.1. The van der Waals surface area contributed by atoms with Crippen molar-refractivity contribution >= 4 is 11.9 Å². The molecule has 2 unspecified atom stereocenters. The minimum Gasteiger partial charge on any atom is -0.478 e. The average molecular weight is 280 g/mol. The highest BCUT2D eigenvalue weighted by Gasteiger charge is 2.20. The fraction of sp³-hybridized carbons (Fsp3) is 0.500. The van der Waals surface area contributed by atoms with Crippen LogP contribution >= 0.6 is 0 Å². The molecule has 20 heavy (non-hydrogen) atoms. The quantitative estimate of drug-likeness (QED) is 0.795. The van der Waals surface area contributed by atoms with Gasteiger partial charge in [-0.1, -0.05) is 13.3 Å². The molecule has 2 atom stereocenters. The van der Waals surface area contributed by atoms with Gasteiger partial charge in [0, 0.05) is 12.2 Å². The molecule has 1 heterocycles. The van der Waals surface area contributed by atoms with Crippen LogP contribution < -0.4 is 10.1 Å². The maximum absolute atomic E-state index is 11.9. The van der Waals surface area contributed by atoms with Gasteiger partial charge >= 0.3 is 5.97 Å². The molecule has 1 aromatic heterocycles. The zero-order valence-corrected chi connectivity index (χ0v) is 11.9. The number of aromatic nitrogens is 1. The summed E-state index contributed by atoms with van der Waals surface area (Å²) in [7, 11) is 0. The van der Waals surface area contributed by atoms with E-state index in [1.165, 1.54) is 12.3 Å². The number of carbonyl (C=O) groups excluding carboxylic acids is 1. The molecule has 110 valence electrons. The number of hydrogen-bond donors (Lipinski definition) is 2. The first-order valence-corrected chi connectivity index (χ1v) is 6.61. The minimum atomic E-state index is -1.19. The molecular weight excluding hydrogens is 260 g/mol. The van der Waals surface area contributed by atoms with Crippen LogP contribution in [0.2, 0.25) is 0 Å². The van der Waals surface area contributed by atoms with Crippen LogP contribution in [0.4, 0.5) is 0 Å². The highest BCUT2D eigenvalue weighted by molar-refractivity contribution is 5.88. The van der Waals surface area contributed by atoms with Crippen LogP contribution in [-0.2, 0) is 4.79 Å². The second-order valence-electron chi connectivity index (χ2n) is 4.61. The molecule has 0 fully saturated rings. The van der Waals surface area contributed by atoms with Gasteiger partial charge in [-0.25, -0.2) is 9.78 Å². The van der Waals surface area contributed by atoms with Crippen molar-refractivity contribution in [2.75, 3.05) is 0 Å². The Morgan fingerprint density at radius 2 is 2.15 bits per heavy atom. The van der Waals surface area contributed by atoms with Crippen LogP contribution in [0.25, 0.3) is 0 Å². The van der Waals surface area contributed by atoms with Gasteiger partial charge in [-0.15, -0.1) is 0 Å². The molecule has 1 rings (SSSR count). The molecule has 6 nitrogen and oxygen atoms in total. The Bertz CT molecular complexity index is 476. The van der Waals surface area contributed by atoms with E-state index in [-0.39, 0.29) is 23.4 Å². The van der Waals surface area contributed by atoms with Crippen molar-refractivity contribution in [3.63, 3.8) is 0 Å². The summed E-state index contributed by atoms with van der Waals surface area (Å²) in [5, 5.41) is 11.8. The number of nitrogens with zero attached hydrogens (tertiary/aromatic N) is 1. The molecule has 0 aliphatic heterocycles. The van der Waals surface area contributed by atoms with Gasteiger partial charge in [0.1, 0.15) is 0 Å². The third-order valence-corrected chi connectivity index (χ3v) is 2.76. The Hall–Kier alpha value is -2.11. The number of hydrogen-bond acceptors (Lipinski definition) is 4. The van der Waals surface area contributed by atoms with Crippen molar-refractivity contribution in [3.05, 3.63) is 24.0 Å². The van der Waals surface area contributed by atoms with Gasteiger partial charge in [-0.3, -0.25) is 4.79 Å². The van der Waals surface area contributed by atoms with Gasteiger partial charge in [0.05, 0.1) is 0 Å². The molecule has 0 aliphatic rings. The van der Waals surface area contributed by atoms with Crippen molar-refractivity contribution in [2.24, 2.45) is 0 Å². The van der Waals surface area contributed by atoms with Crippen molar-refractivity contribution in [3.8, 4) is 5.75 Å². The summed E-state index contributed by atoms with van der Waals surface area (Å²) in [5.74, 6) is -1.37. The van der Waals surface area contributed by atoms with E-state index in [0.717, 1.165) is 12.8 Å². The Balaban J connectivity index is 2.68. The highest BCUT2D eigenvalue weighted by atomic mass is 16.5. The van der Waals surface area contributed by atoms with Crippen molar-refractivity contribution in [1.29, 1.82) is 0 Å². The van der Waals surface area contributed by atoms with Crippen LogP contribution in [0.3, 0.4) is 0 Å². The summed E-state index contributed by atoms with van der Waals surface area (Å²) in [6.07, 6.45) is 2.44. The number of rotatable bonds is 7. The van der Waals surface area contributed by atoms with Gasteiger partial charge in [0.2, 0.25) is 0 Å². The molecule has 6 heteroatoms.